The van der Waals surface area contributed by atoms with Crippen molar-refractivity contribution in [2.45, 2.75) is 32.8 Å². The second-order valence-electron chi connectivity index (χ2n) is 3.18. The maximum Gasteiger partial charge on any atom is 0.133 e. The van der Waals surface area contributed by atoms with Crippen LogP contribution in [0.5, 0.6) is 0 Å². The first-order valence-corrected chi connectivity index (χ1v) is 4.04. The van der Waals surface area contributed by atoms with Gasteiger partial charge in [0, 0.05) is 12.3 Å². The summed E-state index contributed by atoms with van der Waals surface area (Å²) in [5.41, 5.74) is 1.10. The molecule has 62 valence electrons. The van der Waals surface area contributed by atoms with E-state index >= 15 is 0 Å². The maximum absolute atomic E-state index is 5.26. The van der Waals surface area contributed by atoms with E-state index in [0.29, 0.717) is 5.92 Å². The predicted octanol–water partition coefficient (Wildman–Crippen LogP) is 2.36. The van der Waals surface area contributed by atoms with Gasteiger partial charge < -0.3 is 4.84 Å². The molecule has 2 atom stereocenters. The highest BCUT2D eigenvalue weighted by Crippen LogP contribution is 2.20. The fourth-order valence-corrected chi connectivity index (χ4v) is 1.34. The van der Waals surface area contributed by atoms with Crippen LogP contribution in [0.15, 0.2) is 17.8 Å². The van der Waals surface area contributed by atoms with Gasteiger partial charge in [0.1, 0.15) is 6.10 Å². The topological polar surface area (TPSA) is 21.6 Å². The van der Waals surface area contributed by atoms with E-state index < -0.39 is 0 Å². The molecule has 1 aliphatic heterocycles. The zero-order valence-electron chi connectivity index (χ0n) is 7.21. The van der Waals surface area contributed by atoms with E-state index in [2.05, 4.69) is 18.7 Å². The summed E-state index contributed by atoms with van der Waals surface area (Å²) in [4.78, 5) is 5.26. The highest BCUT2D eigenvalue weighted by atomic mass is 16.6. The molecule has 0 aromatic carbocycles. The Kier molecular flexibility index (Phi) is 2.69. The number of nitrogens with zero attached hydrogens (tertiary/aromatic N) is 1. The second-order valence-corrected chi connectivity index (χ2v) is 3.18. The van der Waals surface area contributed by atoms with Gasteiger partial charge in [-0.05, 0) is 13.3 Å². The molecule has 0 fully saturated rings. The fraction of sp³-hybridized carbons (Fsp3) is 0.667. The van der Waals surface area contributed by atoms with Crippen molar-refractivity contribution in [1.82, 2.24) is 0 Å². The Bertz CT molecular complexity index is 174. The fourth-order valence-electron chi connectivity index (χ4n) is 1.34. The molecule has 2 nitrogen and oxygen atoms in total. The second kappa shape index (κ2) is 3.56. The van der Waals surface area contributed by atoms with Gasteiger partial charge in [-0.1, -0.05) is 18.2 Å². The maximum atomic E-state index is 5.26. The molecule has 0 amide bonds. The smallest absolute Gasteiger partial charge is 0.133 e. The summed E-state index contributed by atoms with van der Waals surface area (Å²) >= 11 is 0. The molecule has 1 unspecified atom stereocenters. The Morgan fingerprint density at radius 2 is 2.55 bits per heavy atom. The van der Waals surface area contributed by atoms with Gasteiger partial charge in [0.05, 0.1) is 5.71 Å². The molecule has 0 spiro atoms. The van der Waals surface area contributed by atoms with Crippen molar-refractivity contribution in [2.75, 3.05) is 0 Å². The third kappa shape index (κ3) is 2.07. The quantitative estimate of drug-likeness (QED) is 0.558. The van der Waals surface area contributed by atoms with Crippen LogP contribution in [0.1, 0.15) is 26.7 Å². The molecule has 0 saturated heterocycles. The molecule has 0 bridgehead atoms. The van der Waals surface area contributed by atoms with Crippen LogP contribution in [-0.2, 0) is 4.84 Å². The molecule has 0 aromatic heterocycles. The third-order valence-electron chi connectivity index (χ3n) is 1.99. The minimum atomic E-state index is 0.246. The Hall–Kier alpha value is -0.790. The van der Waals surface area contributed by atoms with Crippen LogP contribution in [-0.4, -0.2) is 11.8 Å². The van der Waals surface area contributed by atoms with E-state index in [4.69, 9.17) is 4.84 Å². The Morgan fingerprint density at radius 3 is 3.09 bits per heavy atom. The summed E-state index contributed by atoms with van der Waals surface area (Å²) in [6.07, 6.45) is 4.09. The zero-order chi connectivity index (χ0) is 8.27. The van der Waals surface area contributed by atoms with Crippen LogP contribution in [0.3, 0.4) is 0 Å². The standard InChI is InChI=1S/C9H15NO/c1-4-5-9-7(2)6-8(3)10-11-9/h4,7,9H,1,5-6H2,2-3H3/t7?,9-/m1/s1. The van der Waals surface area contributed by atoms with Gasteiger partial charge in [0.15, 0.2) is 0 Å². The van der Waals surface area contributed by atoms with Crippen LogP contribution < -0.4 is 0 Å². The van der Waals surface area contributed by atoms with E-state index in [-0.39, 0.29) is 6.10 Å². The van der Waals surface area contributed by atoms with Crippen molar-refractivity contribution in [3.05, 3.63) is 12.7 Å². The molecular weight excluding hydrogens is 138 g/mol. The lowest BCUT2D eigenvalue weighted by molar-refractivity contribution is 0.0129. The first-order chi connectivity index (χ1) is 5.24. The first-order valence-electron chi connectivity index (χ1n) is 4.04. The van der Waals surface area contributed by atoms with Crippen LogP contribution in [0.4, 0.5) is 0 Å². The summed E-state index contributed by atoms with van der Waals surface area (Å²) in [6, 6.07) is 0. The largest absolute Gasteiger partial charge is 0.392 e. The molecule has 0 radical (unpaired) electrons. The monoisotopic (exact) mass is 153 g/mol. The van der Waals surface area contributed by atoms with Gasteiger partial charge in [0.25, 0.3) is 0 Å². The van der Waals surface area contributed by atoms with E-state index in [1.807, 2.05) is 13.0 Å². The van der Waals surface area contributed by atoms with Gasteiger partial charge in [-0.15, -0.1) is 6.58 Å². The van der Waals surface area contributed by atoms with Gasteiger partial charge in [-0.3, -0.25) is 0 Å². The predicted molar refractivity (Wildman–Crippen MR) is 46.6 cm³/mol. The van der Waals surface area contributed by atoms with Gasteiger partial charge in [0.2, 0.25) is 0 Å². The molecular formula is C9H15NO. The highest BCUT2D eigenvalue weighted by Gasteiger charge is 2.22. The number of oxime groups is 1. The molecule has 0 saturated carbocycles. The molecule has 2 heteroatoms. The van der Waals surface area contributed by atoms with Crippen molar-refractivity contribution in [2.24, 2.45) is 11.1 Å². The zero-order valence-corrected chi connectivity index (χ0v) is 7.21. The first kappa shape index (κ1) is 8.31. The third-order valence-corrected chi connectivity index (χ3v) is 1.99. The average Bonchev–Trinajstić information content (AvgIpc) is 1.95. The van der Waals surface area contributed by atoms with Crippen LogP contribution in [0.25, 0.3) is 0 Å². The molecule has 0 aliphatic carbocycles. The summed E-state index contributed by atoms with van der Waals surface area (Å²) in [5.74, 6) is 0.575. The van der Waals surface area contributed by atoms with E-state index in [1.165, 1.54) is 0 Å². The van der Waals surface area contributed by atoms with Crippen LogP contribution in [0.2, 0.25) is 0 Å². The number of hydrogen-bond donors (Lipinski definition) is 0. The minimum Gasteiger partial charge on any atom is -0.392 e. The molecule has 0 aromatic rings. The van der Waals surface area contributed by atoms with Gasteiger partial charge in [-0.2, -0.15) is 0 Å². The minimum absolute atomic E-state index is 0.246. The SMILES string of the molecule is C=CC[C@H]1ON=C(C)CC1C. The van der Waals surface area contributed by atoms with Crippen LogP contribution in [0, 0.1) is 5.92 Å². The van der Waals surface area contributed by atoms with E-state index in [9.17, 15) is 0 Å². The normalized spacial score (nSPS) is 30.5. The Morgan fingerprint density at radius 1 is 1.82 bits per heavy atom. The van der Waals surface area contributed by atoms with Crippen LogP contribution >= 0.6 is 0 Å². The molecule has 1 aliphatic rings. The lowest BCUT2D eigenvalue weighted by Crippen LogP contribution is -2.25. The molecule has 11 heavy (non-hydrogen) atoms. The lowest BCUT2D eigenvalue weighted by atomic mass is 9.95. The Balaban J connectivity index is 2.50. The lowest BCUT2D eigenvalue weighted by Gasteiger charge is -2.25. The summed E-state index contributed by atoms with van der Waals surface area (Å²) < 4.78 is 0. The Labute approximate surface area is 67.9 Å². The van der Waals surface area contributed by atoms with E-state index in [1.54, 1.807) is 0 Å². The van der Waals surface area contributed by atoms with Crippen molar-refractivity contribution in [3.63, 3.8) is 0 Å². The van der Waals surface area contributed by atoms with Crippen molar-refractivity contribution >= 4 is 5.71 Å². The van der Waals surface area contributed by atoms with E-state index in [0.717, 1.165) is 18.6 Å². The molecule has 1 rings (SSSR count). The van der Waals surface area contributed by atoms with Crippen molar-refractivity contribution in [3.8, 4) is 0 Å². The van der Waals surface area contributed by atoms with Crippen molar-refractivity contribution in [1.29, 1.82) is 0 Å². The molecule has 1 heterocycles. The summed E-state index contributed by atoms with van der Waals surface area (Å²) in [5, 5.41) is 3.95. The highest BCUT2D eigenvalue weighted by molar-refractivity contribution is 5.81. The number of hydrogen-bond acceptors (Lipinski definition) is 2. The van der Waals surface area contributed by atoms with Crippen molar-refractivity contribution < 1.29 is 4.84 Å². The summed E-state index contributed by atoms with van der Waals surface area (Å²) in [6.45, 7) is 7.87. The van der Waals surface area contributed by atoms with Gasteiger partial charge in [-0.25, -0.2) is 0 Å². The summed E-state index contributed by atoms with van der Waals surface area (Å²) in [7, 11) is 0. The average molecular weight is 153 g/mol. The van der Waals surface area contributed by atoms with Gasteiger partial charge >= 0.3 is 0 Å². The molecule has 0 N–H and O–H groups in total. The number of rotatable bonds is 2.